The van der Waals surface area contributed by atoms with Crippen molar-refractivity contribution in [1.82, 2.24) is 0 Å². The second-order valence-electron chi connectivity index (χ2n) is 5.48. The van der Waals surface area contributed by atoms with Crippen LogP contribution in [0.3, 0.4) is 0 Å². The minimum absolute atomic E-state index is 0.113. The molecule has 2 aromatic carbocycles. The summed E-state index contributed by atoms with van der Waals surface area (Å²) < 4.78 is 27.4. The van der Waals surface area contributed by atoms with E-state index in [1.54, 1.807) is 42.5 Å². The Labute approximate surface area is 151 Å². The maximum atomic E-state index is 12.4. The summed E-state index contributed by atoms with van der Waals surface area (Å²) in [6, 6.07) is 12.9. The van der Waals surface area contributed by atoms with Crippen molar-refractivity contribution in [2.24, 2.45) is 0 Å². The Balaban J connectivity index is 1.89. The normalized spacial score (nSPS) is 11.9. The van der Waals surface area contributed by atoms with E-state index in [1.807, 2.05) is 0 Å². The Morgan fingerprint density at radius 3 is 2.65 bits per heavy atom. The predicted molar refractivity (Wildman–Crippen MR) is 96.9 cm³/mol. The third-order valence-corrected chi connectivity index (χ3v) is 4.79. The van der Waals surface area contributed by atoms with Crippen LogP contribution in [0.15, 0.2) is 62.6 Å². The first-order chi connectivity index (χ1) is 12.5. The molecule has 7 heteroatoms. The van der Waals surface area contributed by atoms with Crippen LogP contribution in [-0.4, -0.2) is 23.5 Å². The van der Waals surface area contributed by atoms with Crippen LogP contribution in [0.2, 0.25) is 0 Å². The number of rotatable bonds is 5. The van der Waals surface area contributed by atoms with Crippen molar-refractivity contribution < 1.29 is 22.9 Å². The van der Waals surface area contributed by atoms with Gasteiger partial charge in [0.25, 0.3) is 0 Å². The molecule has 134 valence electrons. The zero-order valence-corrected chi connectivity index (χ0v) is 15.0. The number of carbonyl (C=O) groups excluding carboxylic acids is 1. The SMILES string of the molecule is COc1ccc2c(COC(=O)c3ccccc3[S@](C)=O)cc(=O)oc2c1. The molecule has 0 aliphatic carbocycles. The summed E-state index contributed by atoms with van der Waals surface area (Å²) >= 11 is 0. The lowest BCUT2D eigenvalue weighted by Crippen LogP contribution is -2.10. The molecule has 3 rings (SSSR count). The van der Waals surface area contributed by atoms with Crippen molar-refractivity contribution in [3.63, 3.8) is 0 Å². The lowest BCUT2D eigenvalue weighted by atomic mass is 10.1. The summed E-state index contributed by atoms with van der Waals surface area (Å²) in [5, 5.41) is 0.644. The maximum Gasteiger partial charge on any atom is 0.339 e. The molecule has 1 aromatic heterocycles. The van der Waals surface area contributed by atoms with Gasteiger partial charge in [-0.3, -0.25) is 4.21 Å². The van der Waals surface area contributed by atoms with E-state index in [4.69, 9.17) is 13.9 Å². The molecule has 0 unspecified atom stereocenters. The minimum atomic E-state index is -1.32. The van der Waals surface area contributed by atoms with Crippen LogP contribution < -0.4 is 10.4 Å². The minimum Gasteiger partial charge on any atom is -0.497 e. The summed E-state index contributed by atoms with van der Waals surface area (Å²) in [5.41, 5.74) is 0.550. The standard InChI is InChI=1S/C19H16O6S/c1-23-13-7-8-14-12(9-18(20)25-16(14)10-13)11-24-19(21)15-5-3-4-6-17(15)26(2)22/h3-10H,11H2,1-2H3/t26-/m0/s1. The van der Waals surface area contributed by atoms with Crippen LogP contribution in [0.5, 0.6) is 5.75 Å². The molecule has 0 saturated heterocycles. The lowest BCUT2D eigenvalue weighted by molar-refractivity contribution is 0.0469. The predicted octanol–water partition coefficient (Wildman–Crippen LogP) is 2.90. The molecule has 6 nitrogen and oxygen atoms in total. The number of methoxy groups -OCH3 is 1. The number of carbonyl (C=O) groups is 1. The highest BCUT2D eigenvalue weighted by atomic mass is 32.2. The molecular formula is C19H16O6S. The monoisotopic (exact) mass is 372 g/mol. The zero-order chi connectivity index (χ0) is 18.7. The van der Waals surface area contributed by atoms with Crippen LogP contribution in [0.4, 0.5) is 0 Å². The average molecular weight is 372 g/mol. The second-order valence-corrected chi connectivity index (χ2v) is 6.83. The Bertz CT molecular complexity index is 1050. The number of benzene rings is 2. The van der Waals surface area contributed by atoms with Gasteiger partial charge in [0.1, 0.15) is 17.9 Å². The van der Waals surface area contributed by atoms with Gasteiger partial charge in [-0.2, -0.15) is 0 Å². The smallest absolute Gasteiger partial charge is 0.339 e. The first kappa shape index (κ1) is 17.9. The molecule has 0 N–H and O–H groups in total. The largest absolute Gasteiger partial charge is 0.497 e. The van der Waals surface area contributed by atoms with E-state index in [1.165, 1.54) is 19.4 Å². The van der Waals surface area contributed by atoms with Gasteiger partial charge in [-0.1, -0.05) is 12.1 Å². The summed E-state index contributed by atoms with van der Waals surface area (Å²) in [6.07, 6.45) is 1.50. The number of hydrogen-bond acceptors (Lipinski definition) is 6. The number of hydrogen-bond donors (Lipinski definition) is 0. The molecule has 0 bridgehead atoms. The molecule has 0 aliphatic rings. The van der Waals surface area contributed by atoms with Crippen LogP contribution >= 0.6 is 0 Å². The van der Waals surface area contributed by atoms with Gasteiger partial charge in [0, 0.05) is 29.3 Å². The molecule has 0 aliphatic heterocycles. The van der Waals surface area contributed by atoms with Gasteiger partial charge in [-0.25, -0.2) is 9.59 Å². The van der Waals surface area contributed by atoms with Crippen LogP contribution in [0.25, 0.3) is 11.0 Å². The third-order valence-electron chi connectivity index (χ3n) is 3.81. The Kier molecular flexibility index (Phi) is 5.18. The van der Waals surface area contributed by atoms with Crippen molar-refractivity contribution in [2.75, 3.05) is 13.4 Å². The van der Waals surface area contributed by atoms with Crippen molar-refractivity contribution in [2.45, 2.75) is 11.5 Å². The number of esters is 1. The van der Waals surface area contributed by atoms with Crippen LogP contribution in [-0.2, 0) is 22.1 Å². The van der Waals surface area contributed by atoms with Crippen molar-refractivity contribution in [1.29, 1.82) is 0 Å². The van der Waals surface area contributed by atoms with E-state index in [0.29, 0.717) is 27.2 Å². The first-order valence-corrected chi connectivity index (χ1v) is 9.26. The van der Waals surface area contributed by atoms with Gasteiger partial charge >= 0.3 is 11.6 Å². The van der Waals surface area contributed by atoms with Crippen molar-refractivity contribution in [3.8, 4) is 5.75 Å². The Morgan fingerprint density at radius 2 is 1.92 bits per heavy atom. The molecule has 0 saturated carbocycles. The van der Waals surface area contributed by atoms with Gasteiger partial charge in [-0.05, 0) is 24.3 Å². The maximum absolute atomic E-state index is 12.4. The number of ether oxygens (including phenoxy) is 2. The topological polar surface area (TPSA) is 82.8 Å². The average Bonchev–Trinajstić information content (AvgIpc) is 2.65. The molecule has 3 aromatic rings. The van der Waals surface area contributed by atoms with Gasteiger partial charge in [-0.15, -0.1) is 0 Å². The molecule has 1 heterocycles. The zero-order valence-electron chi connectivity index (χ0n) is 14.2. The summed E-state index contributed by atoms with van der Waals surface area (Å²) in [7, 11) is 0.195. The lowest BCUT2D eigenvalue weighted by Gasteiger charge is -2.10. The highest BCUT2D eigenvalue weighted by molar-refractivity contribution is 7.84. The highest BCUT2D eigenvalue weighted by Crippen LogP contribution is 2.23. The van der Waals surface area contributed by atoms with Crippen molar-refractivity contribution in [3.05, 3.63) is 70.1 Å². The molecule has 26 heavy (non-hydrogen) atoms. The fourth-order valence-corrected chi connectivity index (χ4v) is 3.29. The van der Waals surface area contributed by atoms with Crippen LogP contribution in [0.1, 0.15) is 15.9 Å². The van der Waals surface area contributed by atoms with Crippen LogP contribution in [0, 0.1) is 0 Å². The van der Waals surface area contributed by atoms with Gasteiger partial charge in [0.15, 0.2) is 0 Å². The molecule has 0 fully saturated rings. The van der Waals surface area contributed by atoms with E-state index in [9.17, 15) is 13.8 Å². The summed E-state index contributed by atoms with van der Waals surface area (Å²) in [6.45, 7) is -0.113. The fraction of sp³-hybridized carbons (Fsp3) is 0.158. The molecule has 1 atom stereocenters. The summed E-state index contributed by atoms with van der Waals surface area (Å²) in [4.78, 5) is 24.6. The molecular weight excluding hydrogens is 356 g/mol. The first-order valence-electron chi connectivity index (χ1n) is 7.70. The van der Waals surface area contributed by atoms with E-state index in [0.717, 1.165) is 0 Å². The van der Waals surface area contributed by atoms with Gasteiger partial charge in [0.05, 0.1) is 28.4 Å². The van der Waals surface area contributed by atoms with Gasteiger partial charge < -0.3 is 13.9 Å². The molecule has 0 amide bonds. The fourth-order valence-electron chi connectivity index (χ4n) is 2.56. The Morgan fingerprint density at radius 1 is 1.15 bits per heavy atom. The second kappa shape index (κ2) is 7.53. The molecule has 0 radical (unpaired) electrons. The van der Waals surface area contributed by atoms with E-state index >= 15 is 0 Å². The Hall–Kier alpha value is -2.93. The van der Waals surface area contributed by atoms with E-state index in [2.05, 4.69) is 0 Å². The van der Waals surface area contributed by atoms with E-state index in [-0.39, 0.29) is 12.2 Å². The van der Waals surface area contributed by atoms with Crippen molar-refractivity contribution >= 4 is 27.7 Å². The third kappa shape index (κ3) is 3.67. The van der Waals surface area contributed by atoms with E-state index < -0.39 is 22.4 Å². The number of fused-ring (bicyclic) bond motifs is 1. The molecule has 0 spiro atoms. The quantitative estimate of drug-likeness (QED) is 0.506. The highest BCUT2D eigenvalue weighted by Gasteiger charge is 2.16. The summed E-state index contributed by atoms with van der Waals surface area (Å²) in [5.74, 6) is -0.0557. The van der Waals surface area contributed by atoms with Gasteiger partial charge in [0.2, 0.25) is 0 Å².